The lowest BCUT2D eigenvalue weighted by atomic mass is 9.85. The summed E-state index contributed by atoms with van der Waals surface area (Å²) in [5.74, 6) is -0.628. The van der Waals surface area contributed by atoms with Crippen molar-refractivity contribution in [2.24, 2.45) is 17.3 Å². The number of nitrogens with one attached hydrogen (secondary N) is 1. The fraction of sp³-hybridized carbons (Fsp3) is 0.656. The number of nitrogens with zero attached hydrogens (tertiary/aromatic N) is 3. The standard InChI is InChI=1S/C32H43FN4O5/c1-7-21-25-17-37(26(21)18(2)38)29(39)27(31(3,4)5)36-30(40)42-32(6)16-19(32)11-9-8-10-12-23-28(41-25)35-24-15-20(33)13-14-22(24)34-23/h13-15,19,21,25-27H,7-12,16-17H2,1-6H3,(H,36,40)/t19-,21-,25+,26-,27-,32-/m1/s1. The van der Waals surface area contributed by atoms with Crippen molar-refractivity contribution >= 4 is 28.8 Å². The van der Waals surface area contributed by atoms with Crippen molar-refractivity contribution in [2.45, 2.75) is 110 Å². The van der Waals surface area contributed by atoms with Crippen LogP contribution in [-0.4, -0.2) is 63.0 Å². The van der Waals surface area contributed by atoms with Crippen LogP contribution < -0.4 is 10.1 Å². The number of benzene rings is 1. The largest absolute Gasteiger partial charge is 0.471 e. The number of ether oxygens (including phenoxy) is 2. The Bertz CT molecular complexity index is 1380. The Kier molecular flexibility index (Phi) is 8.20. The smallest absolute Gasteiger partial charge is 0.408 e. The summed E-state index contributed by atoms with van der Waals surface area (Å²) in [6.07, 6.45) is 4.59. The summed E-state index contributed by atoms with van der Waals surface area (Å²) in [7, 11) is 0. The van der Waals surface area contributed by atoms with Crippen LogP contribution in [0.4, 0.5) is 9.18 Å². The van der Waals surface area contributed by atoms with Gasteiger partial charge in [0.05, 0.1) is 23.6 Å². The van der Waals surface area contributed by atoms with Gasteiger partial charge in [-0.05, 0) is 63.5 Å². The monoisotopic (exact) mass is 582 g/mol. The second-order valence-corrected chi connectivity index (χ2v) is 13.5. The first-order valence-electron chi connectivity index (χ1n) is 15.2. The highest BCUT2D eigenvalue weighted by molar-refractivity contribution is 5.92. The third kappa shape index (κ3) is 6.08. The molecule has 2 fully saturated rings. The van der Waals surface area contributed by atoms with Crippen molar-refractivity contribution in [1.82, 2.24) is 20.2 Å². The van der Waals surface area contributed by atoms with E-state index in [1.54, 1.807) is 11.0 Å². The van der Waals surface area contributed by atoms with E-state index in [9.17, 15) is 18.8 Å². The molecular formula is C32H43FN4O5. The van der Waals surface area contributed by atoms with Gasteiger partial charge in [0.1, 0.15) is 29.3 Å². The van der Waals surface area contributed by atoms with Crippen molar-refractivity contribution in [3.05, 3.63) is 29.7 Å². The Morgan fingerprint density at radius 3 is 2.62 bits per heavy atom. The molecule has 10 heteroatoms. The van der Waals surface area contributed by atoms with E-state index < -0.39 is 41.1 Å². The van der Waals surface area contributed by atoms with Gasteiger partial charge in [-0.2, -0.15) is 0 Å². The SMILES string of the molecule is CC[C@@H]1[C@@H]2CN(C(=O)[C@H](C(C)(C)C)NC(=O)O[C@]3(C)C[C@H]3CCCCCc3nc4ccc(F)cc4nc3O2)[C@@H]1C(C)=O. The average Bonchev–Trinajstić information content (AvgIpc) is 3.38. The van der Waals surface area contributed by atoms with Crippen LogP contribution in [0.2, 0.25) is 0 Å². The number of rotatable bonds is 2. The van der Waals surface area contributed by atoms with E-state index in [0.29, 0.717) is 35.4 Å². The molecule has 42 heavy (non-hydrogen) atoms. The maximum atomic E-state index is 14.2. The average molecular weight is 583 g/mol. The molecule has 0 radical (unpaired) electrons. The van der Waals surface area contributed by atoms with E-state index in [0.717, 1.165) is 32.1 Å². The molecule has 1 aromatic heterocycles. The number of alkyl carbamates (subject to hydrolysis) is 1. The van der Waals surface area contributed by atoms with Crippen molar-refractivity contribution in [2.75, 3.05) is 6.54 Å². The molecule has 5 rings (SSSR count). The lowest BCUT2D eigenvalue weighted by Gasteiger charge is -2.35. The first kappa shape index (κ1) is 30.2. The van der Waals surface area contributed by atoms with Crippen molar-refractivity contribution in [1.29, 1.82) is 0 Å². The van der Waals surface area contributed by atoms with Crippen LogP contribution in [0, 0.1) is 23.1 Å². The number of aryl methyl sites for hydroxylation is 1. The Balaban J connectivity index is 1.54. The first-order chi connectivity index (χ1) is 19.8. The van der Waals surface area contributed by atoms with Gasteiger partial charge in [0.2, 0.25) is 11.8 Å². The zero-order chi connectivity index (χ0) is 30.4. The van der Waals surface area contributed by atoms with Gasteiger partial charge in [0, 0.05) is 17.9 Å². The van der Waals surface area contributed by atoms with Crippen molar-refractivity contribution < 1.29 is 28.2 Å². The predicted molar refractivity (Wildman–Crippen MR) is 155 cm³/mol. The molecule has 2 amide bonds. The van der Waals surface area contributed by atoms with E-state index in [2.05, 4.69) is 10.3 Å². The molecule has 1 aromatic carbocycles. The molecule has 2 aliphatic heterocycles. The third-order valence-corrected chi connectivity index (χ3v) is 9.21. The number of aromatic nitrogens is 2. The molecule has 3 aliphatic rings. The second-order valence-electron chi connectivity index (χ2n) is 13.5. The molecule has 1 aliphatic carbocycles. The van der Waals surface area contributed by atoms with Crippen molar-refractivity contribution in [3.63, 3.8) is 0 Å². The fourth-order valence-electron chi connectivity index (χ4n) is 6.68. The number of halogens is 1. The van der Waals surface area contributed by atoms with Crippen LogP contribution in [-0.2, 0) is 20.7 Å². The van der Waals surface area contributed by atoms with Crippen LogP contribution in [0.25, 0.3) is 11.0 Å². The molecule has 1 N–H and O–H groups in total. The minimum Gasteiger partial charge on any atom is -0.471 e. The van der Waals surface area contributed by atoms with Crippen LogP contribution in [0.3, 0.4) is 0 Å². The molecule has 1 saturated heterocycles. The number of fused-ring (bicyclic) bond motifs is 5. The highest BCUT2D eigenvalue weighted by atomic mass is 19.1. The molecule has 6 atom stereocenters. The van der Waals surface area contributed by atoms with E-state index in [-0.39, 0.29) is 30.1 Å². The summed E-state index contributed by atoms with van der Waals surface area (Å²) < 4.78 is 26.5. The highest BCUT2D eigenvalue weighted by Gasteiger charge is 2.54. The molecule has 2 aromatic rings. The fourth-order valence-corrected chi connectivity index (χ4v) is 6.68. The highest BCUT2D eigenvalue weighted by Crippen LogP contribution is 2.49. The van der Waals surface area contributed by atoms with Crippen LogP contribution in [0.1, 0.15) is 85.8 Å². The molecular weight excluding hydrogens is 539 g/mol. The molecule has 2 bridgehead atoms. The first-order valence-corrected chi connectivity index (χ1v) is 15.2. The summed E-state index contributed by atoms with van der Waals surface area (Å²) in [5, 5.41) is 2.85. The van der Waals surface area contributed by atoms with E-state index in [1.165, 1.54) is 19.1 Å². The third-order valence-electron chi connectivity index (χ3n) is 9.21. The summed E-state index contributed by atoms with van der Waals surface area (Å²) in [5.41, 5.74) is 0.474. The Morgan fingerprint density at radius 2 is 1.93 bits per heavy atom. The maximum absolute atomic E-state index is 14.2. The zero-order valence-corrected chi connectivity index (χ0v) is 25.5. The predicted octanol–water partition coefficient (Wildman–Crippen LogP) is 5.38. The molecule has 3 heterocycles. The normalized spacial score (nSPS) is 30.7. The topological polar surface area (TPSA) is 111 Å². The molecule has 9 nitrogen and oxygen atoms in total. The van der Waals surface area contributed by atoms with Gasteiger partial charge in [0.25, 0.3) is 0 Å². The number of hydrogen-bond acceptors (Lipinski definition) is 7. The number of carbonyl (C=O) groups is 3. The van der Waals surface area contributed by atoms with E-state index in [1.807, 2.05) is 34.6 Å². The quantitative estimate of drug-likeness (QED) is 0.506. The van der Waals surface area contributed by atoms with E-state index in [4.69, 9.17) is 14.5 Å². The lowest BCUT2D eigenvalue weighted by Crippen LogP contribution is -2.57. The zero-order valence-electron chi connectivity index (χ0n) is 25.5. The van der Waals surface area contributed by atoms with Gasteiger partial charge in [-0.3, -0.25) is 9.59 Å². The van der Waals surface area contributed by atoms with Gasteiger partial charge >= 0.3 is 6.09 Å². The van der Waals surface area contributed by atoms with Crippen molar-refractivity contribution in [3.8, 4) is 5.88 Å². The number of Topliss-reactive ketones (excluding diaryl/α,β-unsaturated/α-hetero) is 1. The number of hydrogen-bond donors (Lipinski definition) is 1. The maximum Gasteiger partial charge on any atom is 0.408 e. The lowest BCUT2D eigenvalue weighted by molar-refractivity contribution is -0.141. The summed E-state index contributed by atoms with van der Waals surface area (Å²) in [6.45, 7) is 11.2. The minimum atomic E-state index is -0.915. The minimum absolute atomic E-state index is 0.146. The van der Waals surface area contributed by atoms with Gasteiger partial charge in [-0.1, -0.05) is 40.5 Å². The van der Waals surface area contributed by atoms with Gasteiger partial charge < -0.3 is 19.7 Å². The number of amides is 2. The summed E-state index contributed by atoms with van der Waals surface area (Å²) in [4.78, 5) is 51.4. The Labute approximate surface area is 246 Å². The van der Waals surface area contributed by atoms with Crippen LogP contribution in [0.5, 0.6) is 5.88 Å². The van der Waals surface area contributed by atoms with Gasteiger partial charge in [0.15, 0.2) is 5.78 Å². The van der Waals surface area contributed by atoms with Crippen LogP contribution in [0.15, 0.2) is 18.2 Å². The Morgan fingerprint density at radius 1 is 1.17 bits per heavy atom. The van der Waals surface area contributed by atoms with E-state index >= 15 is 0 Å². The van der Waals surface area contributed by atoms with Gasteiger partial charge in [-0.15, -0.1) is 0 Å². The molecule has 0 spiro atoms. The number of carbonyl (C=O) groups excluding carboxylic acids is 3. The second kappa shape index (κ2) is 11.4. The molecule has 228 valence electrons. The molecule has 1 saturated carbocycles. The van der Waals surface area contributed by atoms with Gasteiger partial charge in [-0.25, -0.2) is 19.2 Å². The van der Waals surface area contributed by atoms with Crippen LogP contribution >= 0.6 is 0 Å². The Hall–Kier alpha value is -3.30. The molecule has 0 unspecified atom stereocenters. The summed E-state index contributed by atoms with van der Waals surface area (Å²) in [6, 6.07) is 2.69. The number of ketones is 1. The summed E-state index contributed by atoms with van der Waals surface area (Å²) >= 11 is 0.